The first-order valence-corrected chi connectivity index (χ1v) is 9.11. The SMILES string of the molecule is O=C(Nc1cccc(-c2noc(=O)[nH]2)c1)c1csc(Cc2ccc(F)cc2)n1. The minimum absolute atomic E-state index is 0.274. The van der Waals surface area contributed by atoms with E-state index in [0.29, 0.717) is 23.4 Å². The minimum atomic E-state index is -0.652. The van der Waals surface area contributed by atoms with E-state index in [0.717, 1.165) is 10.6 Å². The van der Waals surface area contributed by atoms with Crippen molar-refractivity contribution in [3.63, 3.8) is 0 Å². The number of H-pyrrole nitrogens is 1. The average Bonchev–Trinajstić information content (AvgIpc) is 3.33. The second-order valence-electron chi connectivity index (χ2n) is 5.91. The Morgan fingerprint density at radius 1 is 1.21 bits per heavy atom. The molecule has 4 rings (SSSR count). The van der Waals surface area contributed by atoms with Crippen molar-refractivity contribution in [2.24, 2.45) is 0 Å². The number of aromatic nitrogens is 3. The van der Waals surface area contributed by atoms with E-state index in [2.05, 4.69) is 25.0 Å². The van der Waals surface area contributed by atoms with E-state index < -0.39 is 5.76 Å². The van der Waals surface area contributed by atoms with Crippen LogP contribution in [0.3, 0.4) is 0 Å². The number of halogens is 1. The zero-order valence-electron chi connectivity index (χ0n) is 14.3. The van der Waals surface area contributed by atoms with Crippen molar-refractivity contribution in [3.8, 4) is 11.4 Å². The molecule has 0 aliphatic heterocycles. The topological polar surface area (TPSA) is 101 Å². The van der Waals surface area contributed by atoms with Gasteiger partial charge in [-0.3, -0.25) is 14.3 Å². The van der Waals surface area contributed by atoms with Crippen molar-refractivity contribution >= 4 is 22.9 Å². The van der Waals surface area contributed by atoms with Crippen molar-refractivity contribution in [2.75, 3.05) is 5.32 Å². The van der Waals surface area contributed by atoms with Gasteiger partial charge in [-0.25, -0.2) is 14.2 Å². The largest absolute Gasteiger partial charge is 0.439 e. The number of amides is 1. The number of hydrogen-bond donors (Lipinski definition) is 2. The number of rotatable bonds is 5. The van der Waals surface area contributed by atoms with Gasteiger partial charge in [0.2, 0.25) is 0 Å². The molecule has 2 heterocycles. The molecule has 9 heteroatoms. The van der Waals surface area contributed by atoms with Gasteiger partial charge in [0, 0.05) is 23.1 Å². The Kier molecular flexibility index (Phi) is 4.81. The third-order valence-electron chi connectivity index (χ3n) is 3.89. The Bertz CT molecular complexity index is 1180. The summed E-state index contributed by atoms with van der Waals surface area (Å²) < 4.78 is 17.5. The maximum absolute atomic E-state index is 13.0. The molecule has 0 aliphatic carbocycles. The molecular weight excluding hydrogens is 383 g/mol. The van der Waals surface area contributed by atoms with E-state index in [1.165, 1.54) is 23.5 Å². The van der Waals surface area contributed by atoms with Gasteiger partial charge in [0.05, 0.1) is 5.01 Å². The van der Waals surface area contributed by atoms with Crippen molar-refractivity contribution in [2.45, 2.75) is 6.42 Å². The third kappa shape index (κ3) is 4.04. The Morgan fingerprint density at radius 2 is 2.04 bits per heavy atom. The summed E-state index contributed by atoms with van der Waals surface area (Å²) in [6.45, 7) is 0. The van der Waals surface area contributed by atoms with Gasteiger partial charge in [-0.05, 0) is 29.8 Å². The lowest BCUT2D eigenvalue weighted by atomic mass is 10.1. The minimum Gasteiger partial charge on any atom is -0.321 e. The van der Waals surface area contributed by atoms with E-state index in [9.17, 15) is 14.0 Å². The van der Waals surface area contributed by atoms with Gasteiger partial charge in [-0.15, -0.1) is 11.3 Å². The van der Waals surface area contributed by atoms with Gasteiger partial charge in [-0.2, -0.15) is 0 Å². The number of thiazole rings is 1. The van der Waals surface area contributed by atoms with Crippen LogP contribution in [0.1, 0.15) is 21.1 Å². The molecule has 0 aliphatic rings. The van der Waals surface area contributed by atoms with Gasteiger partial charge >= 0.3 is 5.76 Å². The van der Waals surface area contributed by atoms with Crippen LogP contribution < -0.4 is 11.1 Å². The molecule has 0 fully saturated rings. The molecule has 0 unspecified atom stereocenters. The maximum Gasteiger partial charge on any atom is 0.439 e. The summed E-state index contributed by atoms with van der Waals surface area (Å²) in [4.78, 5) is 30.3. The van der Waals surface area contributed by atoms with Crippen molar-refractivity contribution in [1.82, 2.24) is 15.1 Å². The highest BCUT2D eigenvalue weighted by Gasteiger charge is 2.13. The fraction of sp³-hybridized carbons (Fsp3) is 0.0526. The highest BCUT2D eigenvalue weighted by molar-refractivity contribution is 7.09. The summed E-state index contributed by atoms with van der Waals surface area (Å²) in [5.41, 5.74) is 2.33. The molecule has 0 spiro atoms. The first-order valence-electron chi connectivity index (χ1n) is 8.23. The van der Waals surface area contributed by atoms with E-state index in [-0.39, 0.29) is 17.5 Å². The fourth-order valence-electron chi connectivity index (χ4n) is 2.57. The second-order valence-corrected chi connectivity index (χ2v) is 6.85. The highest BCUT2D eigenvalue weighted by atomic mass is 32.1. The van der Waals surface area contributed by atoms with Gasteiger partial charge in [0.15, 0.2) is 5.82 Å². The highest BCUT2D eigenvalue weighted by Crippen LogP contribution is 2.20. The Labute approximate surface area is 161 Å². The zero-order valence-corrected chi connectivity index (χ0v) is 15.1. The standard InChI is InChI=1S/C19H13FN4O3S/c20-13-6-4-11(5-7-13)8-16-22-15(10-28-16)18(25)21-14-3-1-2-12(9-14)17-23-19(26)27-24-17/h1-7,9-10H,8H2,(H,21,25)(H,23,24,26). The summed E-state index contributed by atoms with van der Waals surface area (Å²) in [5, 5.41) is 8.82. The van der Waals surface area contributed by atoms with Crippen LogP contribution in [-0.2, 0) is 6.42 Å². The monoisotopic (exact) mass is 396 g/mol. The maximum atomic E-state index is 13.0. The normalized spacial score (nSPS) is 10.8. The zero-order chi connectivity index (χ0) is 19.5. The van der Waals surface area contributed by atoms with Crippen LogP contribution in [0.15, 0.2) is 63.2 Å². The molecule has 2 N–H and O–H groups in total. The van der Waals surface area contributed by atoms with E-state index in [1.807, 2.05) is 0 Å². The van der Waals surface area contributed by atoms with Crippen molar-refractivity contribution in [3.05, 3.63) is 86.5 Å². The second kappa shape index (κ2) is 7.57. The number of anilines is 1. The first kappa shape index (κ1) is 17.8. The number of nitrogens with one attached hydrogen (secondary N) is 2. The first-order chi connectivity index (χ1) is 13.6. The van der Waals surface area contributed by atoms with Gasteiger partial charge in [-0.1, -0.05) is 29.4 Å². The van der Waals surface area contributed by atoms with Gasteiger partial charge in [0.1, 0.15) is 11.5 Å². The molecule has 0 saturated carbocycles. The van der Waals surface area contributed by atoms with Crippen molar-refractivity contribution in [1.29, 1.82) is 0 Å². The Morgan fingerprint density at radius 3 is 2.79 bits per heavy atom. The smallest absolute Gasteiger partial charge is 0.321 e. The molecule has 2 aromatic heterocycles. The Balaban J connectivity index is 1.46. The number of carbonyl (C=O) groups excluding carboxylic acids is 1. The predicted molar refractivity (Wildman–Crippen MR) is 102 cm³/mol. The molecule has 0 atom stereocenters. The molecule has 2 aromatic carbocycles. The van der Waals surface area contributed by atoms with Crippen LogP contribution in [0.25, 0.3) is 11.4 Å². The number of carbonyl (C=O) groups is 1. The number of hydrogen-bond acceptors (Lipinski definition) is 6. The number of nitrogens with zero attached hydrogens (tertiary/aromatic N) is 2. The molecular formula is C19H13FN4O3S. The molecule has 28 heavy (non-hydrogen) atoms. The molecule has 140 valence electrons. The van der Waals surface area contributed by atoms with Gasteiger partial charge in [0.25, 0.3) is 5.91 Å². The van der Waals surface area contributed by atoms with E-state index in [1.54, 1.807) is 41.8 Å². The lowest BCUT2D eigenvalue weighted by Gasteiger charge is -2.04. The summed E-state index contributed by atoms with van der Waals surface area (Å²) >= 11 is 1.36. The fourth-order valence-corrected chi connectivity index (χ4v) is 3.38. The quantitative estimate of drug-likeness (QED) is 0.538. The van der Waals surface area contributed by atoms with Crippen molar-refractivity contribution < 1.29 is 13.7 Å². The summed E-state index contributed by atoms with van der Waals surface area (Å²) in [5.74, 6) is -1.02. The predicted octanol–water partition coefficient (Wildman–Crippen LogP) is 3.47. The summed E-state index contributed by atoms with van der Waals surface area (Å²) in [6, 6.07) is 13.0. The number of aromatic amines is 1. The summed E-state index contributed by atoms with van der Waals surface area (Å²) in [6.07, 6.45) is 0.521. The van der Waals surface area contributed by atoms with Gasteiger partial charge < -0.3 is 5.32 Å². The van der Waals surface area contributed by atoms with Crippen LogP contribution in [0.4, 0.5) is 10.1 Å². The van der Waals surface area contributed by atoms with Crippen LogP contribution in [0.2, 0.25) is 0 Å². The van der Waals surface area contributed by atoms with Crippen LogP contribution in [0.5, 0.6) is 0 Å². The summed E-state index contributed by atoms with van der Waals surface area (Å²) in [7, 11) is 0. The molecule has 0 bridgehead atoms. The lowest BCUT2D eigenvalue weighted by molar-refractivity contribution is 0.102. The Hall–Kier alpha value is -3.59. The molecule has 7 nitrogen and oxygen atoms in total. The average molecular weight is 396 g/mol. The molecule has 0 radical (unpaired) electrons. The molecule has 1 amide bonds. The van der Waals surface area contributed by atoms with Crippen LogP contribution in [0, 0.1) is 5.82 Å². The molecule has 0 saturated heterocycles. The lowest BCUT2D eigenvalue weighted by Crippen LogP contribution is -2.12. The number of benzene rings is 2. The van der Waals surface area contributed by atoms with E-state index >= 15 is 0 Å². The van der Waals surface area contributed by atoms with Crippen LogP contribution in [-0.4, -0.2) is 21.0 Å². The third-order valence-corrected chi connectivity index (χ3v) is 4.74. The van der Waals surface area contributed by atoms with E-state index in [4.69, 9.17) is 0 Å². The van der Waals surface area contributed by atoms with Crippen LogP contribution >= 0.6 is 11.3 Å². The molecule has 4 aromatic rings.